The lowest BCUT2D eigenvalue weighted by molar-refractivity contribution is 0.277. The van der Waals surface area contributed by atoms with Crippen molar-refractivity contribution in [3.63, 3.8) is 0 Å². The lowest BCUT2D eigenvalue weighted by atomic mass is 10.00. The molecule has 1 aliphatic heterocycles. The molecular weight excluding hydrogens is 319 g/mol. The Balaban J connectivity index is 2.04. The first-order chi connectivity index (χ1) is 12.1. The maximum absolute atomic E-state index is 13.9. The molecule has 1 saturated heterocycles. The summed E-state index contributed by atoms with van der Waals surface area (Å²) in [6.07, 6.45) is 4.73. The molecular formula is C18H21FN6. The normalized spacial score (nSPS) is 15.5. The number of likely N-dealkylation sites (tertiary alicyclic amines) is 1. The van der Waals surface area contributed by atoms with E-state index in [0.717, 1.165) is 31.5 Å². The lowest BCUT2D eigenvalue weighted by Crippen LogP contribution is -2.24. The number of rotatable bonds is 3. The minimum Gasteiger partial charge on any atom is -0.382 e. The summed E-state index contributed by atoms with van der Waals surface area (Å²) in [5, 5.41) is 9.42. The number of hydrogen-bond donors (Lipinski definition) is 2. The van der Waals surface area contributed by atoms with Crippen molar-refractivity contribution in [2.75, 3.05) is 24.6 Å². The fourth-order valence-electron chi connectivity index (χ4n) is 3.26. The zero-order chi connectivity index (χ0) is 17.8. The van der Waals surface area contributed by atoms with Crippen LogP contribution in [0.25, 0.3) is 11.3 Å². The van der Waals surface area contributed by atoms with Crippen LogP contribution in [-0.2, 0) is 6.54 Å². The average molecular weight is 340 g/mol. The van der Waals surface area contributed by atoms with Crippen molar-refractivity contribution < 1.29 is 4.39 Å². The van der Waals surface area contributed by atoms with Crippen LogP contribution < -0.4 is 11.5 Å². The summed E-state index contributed by atoms with van der Waals surface area (Å²) < 4.78 is 13.9. The van der Waals surface area contributed by atoms with Crippen LogP contribution in [0.2, 0.25) is 0 Å². The van der Waals surface area contributed by atoms with Gasteiger partial charge in [-0.2, -0.15) is 10.2 Å². The maximum atomic E-state index is 13.9. The van der Waals surface area contributed by atoms with Gasteiger partial charge >= 0.3 is 0 Å². The summed E-state index contributed by atoms with van der Waals surface area (Å²) in [5.74, 6) is -0.284. The van der Waals surface area contributed by atoms with Crippen LogP contribution in [0.3, 0.4) is 0 Å². The third-order valence-corrected chi connectivity index (χ3v) is 4.48. The zero-order valence-electron chi connectivity index (χ0n) is 14.0. The van der Waals surface area contributed by atoms with Gasteiger partial charge in [-0.3, -0.25) is 4.90 Å². The fraction of sp³-hybridized carbons (Fsp3) is 0.389. The fourth-order valence-corrected chi connectivity index (χ4v) is 3.26. The van der Waals surface area contributed by atoms with Crippen molar-refractivity contribution in [3.8, 4) is 17.3 Å². The largest absolute Gasteiger partial charge is 0.382 e. The minimum atomic E-state index is -0.318. The van der Waals surface area contributed by atoms with Crippen molar-refractivity contribution >= 4 is 11.8 Å². The van der Waals surface area contributed by atoms with E-state index in [1.165, 1.54) is 25.0 Å². The van der Waals surface area contributed by atoms with Gasteiger partial charge in [0, 0.05) is 12.1 Å². The van der Waals surface area contributed by atoms with E-state index in [9.17, 15) is 9.65 Å². The molecule has 2 heterocycles. The summed E-state index contributed by atoms with van der Waals surface area (Å²) in [5.41, 5.74) is 13.5. The Morgan fingerprint density at radius 3 is 2.52 bits per heavy atom. The summed E-state index contributed by atoms with van der Waals surface area (Å²) in [6, 6.07) is 6.52. The van der Waals surface area contributed by atoms with Crippen molar-refractivity contribution in [1.82, 2.24) is 14.9 Å². The van der Waals surface area contributed by atoms with Gasteiger partial charge in [0.1, 0.15) is 23.3 Å². The molecule has 0 radical (unpaired) electrons. The SMILES string of the molecule is N#Cc1c(N)nc(N)nc1-c1ccc(F)cc1CN1CCCCCC1. The first kappa shape index (κ1) is 17.1. The van der Waals surface area contributed by atoms with E-state index in [0.29, 0.717) is 17.8 Å². The summed E-state index contributed by atoms with van der Waals surface area (Å²) >= 11 is 0. The molecule has 1 aliphatic rings. The second kappa shape index (κ2) is 7.45. The number of benzene rings is 1. The highest BCUT2D eigenvalue weighted by molar-refractivity contribution is 5.75. The van der Waals surface area contributed by atoms with Gasteiger partial charge in [-0.1, -0.05) is 12.8 Å². The topological polar surface area (TPSA) is 105 Å². The number of anilines is 2. The summed E-state index contributed by atoms with van der Waals surface area (Å²) in [7, 11) is 0. The highest BCUT2D eigenvalue weighted by atomic mass is 19.1. The Labute approximate surface area is 146 Å². The first-order valence-electron chi connectivity index (χ1n) is 8.42. The molecule has 0 bridgehead atoms. The molecule has 4 N–H and O–H groups in total. The molecule has 130 valence electrons. The molecule has 25 heavy (non-hydrogen) atoms. The molecule has 1 aromatic carbocycles. The Kier molecular flexibility index (Phi) is 5.10. The molecule has 0 unspecified atom stereocenters. The van der Waals surface area contributed by atoms with Crippen LogP contribution >= 0.6 is 0 Å². The van der Waals surface area contributed by atoms with Crippen molar-refractivity contribution in [1.29, 1.82) is 5.26 Å². The van der Waals surface area contributed by atoms with E-state index in [1.54, 1.807) is 6.07 Å². The molecule has 0 atom stereocenters. The molecule has 3 rings (SSSR count). The molecule has 7 heteroatoms. The third-order valence-electron chi connectivity index (χ3n) is 4.48. The van der Waals surface area contributed by atoms with E-state index >= 15 is 0 Å². The van der Waals surface area contributed by atoms with Gasteiger partial charge in [-0.25, -0.2) is 9.37 Å². The molecule has 1 aromatic heterocycles. The second-order valence-corrected chi connectivity index (χ2v) is 6.29. The molecule has 6 nitrogen and oxygen atoms in total. The van der Waals surface area contributed by atoms with Gasteiger partial charge in [0.2, 0.25) is 5.95 Å². The first-order valence-corrected chi connectivity index (χ1v) is 8.42. The van der Waals surface area contributed by atoms with E-state index in [-0.39, 0.29) is 23.1 Å². The van der Waals surface area contributed by atoms with E-state index < -0.39 is 0 Å². The van der Waals surface area contributed by atoms with E-state index in [2.05, 4.69) is 14.9 Å². The van der Waals surface area contributed by atoms with Gasteiger partial charge in [0.25, 0.3) is 0 Å². The zero-order valence-corrected chi connectivity index (χ0v) is 14.0. The quantitative estimate of drug-likeness (QED) is 0.890. The number of aromatic nitrogens is 2. The standard InChI is InChI=1S/C18H21FN6/c19-13-5-6-14(16-15(10-20)17(21)24-18(22)23-16)12(9-13)11-25-7-3-1-2-4-8-25/h5-6,9H,1-4,7-8,11H2,(H4,21,22,23,24). The molecule has 2 aromatic rings. The average Bonchev–Trinajstić information content (AvgIpc) is 2.83. The monoisotopic (exact) mass is 340 g/mol. The predicted octanol–water partition coefficient (Wildman–Crippen LogP) is 2.69. The van der Waals surface area contributed by atoms with E-state index in [4.69, 9.17) is 11.5 Å². The maximum Gasteiger partial charge on any atom is 0.222 e. The lowest BCUT2D eigenvalue weighted by Gasteiger charge is -2.22. The Morgan fingerprint density at radius 2 is 1.84 bits per heavy atom. The number of nitrogens with zero attached hydrogens (tertiary/aromatic N) is 4. The third kappa shape index (κ3) is 3.86. The van der Waals surface area contributed by atoms with Crippen LogP contribution in [0.15, 0.2) is 18.2 Å². The minimum absolute atomic E-state index is 0.00320. The number of hydrogen-bond acceptors (Lipinski definition) is 6. The van der Waals surface area contributed by atoms with Crippen LogP contribution in [0.1, 0.15) is 36.8 Å². The van der Waals surface area contributed by atoms with Crippen molar-refractivity contribution in [2.24, 2.45) is 0 Å². The van der Waals surface area contributed by atoms with Crippen LogP contribution in [0, 0.1) is 17.1 Å². The number of halogens is 1. The van der Waals surface area contributed by atoms with Crippen molar-refractivity contribution in [2.45, 2.75) is 32.2 Å². The van der Waals surface area contributed by atoms with Gasteiger partial charge in [0.05, 0.1) is 5.69 Å². The molecule has 0 saturated carbocycles. The highest BCUT2D eigenvalue weighted by Crippen LogP contribution is 2.30. The molecule has 0 aliphatic carbocycles. The number of nitrogens with two attached hydrogens (primary N) is 2. The van der Waals surface area contributed by atoms with Crippen LogP contribution in [0.4, 0.5) is 16.2 Å². The van der Waals surface area contributed by atoms with Gasteiger partial charge in [-0.05, 0) is 49.7 Å². The van der Waals surface area contributed by atoms with Gasteiger partial charge in [-0.15, -0.1) is 0 Å². The second-order valence-electron chi connectivity index (χ2n) is 6.29. The summed E-state index contributed by atoms with van der Waals surface area (Å²) in [4.78, 5) is 10.4. The van der Waals surface area contributed by atoms with Gasteiger partial charge in [0.15, 0.2) is 0 Å². The van der Waals surface area contributed by atoms with E-state index in [1.807, 2.05) is 6.07 Å². The molecule has 1 fully saturated rings. The summed E-state index contributed by atoms with van der Waals surface area (Å²) in [6.45, 7) is 2.56. The molecule has 0 spiro atoms. The van der Waals surface area contributed by atoms with Crippen LogP contribution in [0.5, 0.6) is 0 Å². The smallest absolute Gasteiger partial charge is 0.222 e. The Bertz CT molecular complexity index is 806. The number of nitrogen functional groups attached to an aromatic ring is 2. The Hall–Kier alpha value is -2.72. The Morgan fingerprint density at radius 1 is 1.12 bits per heavy atom. The predicted molar refractivity (Wildman–Crippen MR) is 94.7 cm³/mol. The van der Waals surface area contributed by atoms with Crippen molar-refractivity contribution in [3.05, 3.63) is 35.1 Å². The van der Waals surface area contributed by atoms with Crippen LogP contribution in [-0.4, -0.2) is 28.0 Å². The van der Waals surface area contributed by atoms with Gasteiger partial charge < -0.3 is 11.5 Å². The highest BCUT2D eigenvalue weighted by Gasteiger charge is 2.19. The molecule has 0 amide bonds. The number of nitriles is 1.